The van der Waals surface area contributed by atoms with E-state index in [1.807, 2.05) is 0 Å². The topological polar surface area (TPSA) is 108 Å². The van der Waals surface area contributed by atoms with Crippen LogP contribution < -0.4 is 5.32 Å². The molecule has 170 valence electrons. The summed E-state index contributed by atoms with van der Waals surface area (Å²) in [7, 11) is 0. The predicted octanol–water partition coefficient (Wildman–Crippen LogP) is 4.33. The fourth-order valence-corrected chi connectivity index (χ4v) is 3.49. The monoisotopic (exact) mass is 470 g/mol. The first-order valence-corrected chi connectivity index (χ1v) is 9.65. The summed E-state index contributed by atoms with van der Waals surface area (Å²) in [6, 6.07) is 4.30. The van der Waals surface area contributed by atoms with Crippen LogP contribution in [-0.2, 0) is 17.9 Å². The lowest BCUT2D eigenvalue weighted by Crippen LogP contribution is -2.21. The molecule has 1 aromatic carbocycles. The van der Waals surface area contributed by atoms with Crippen molar-refractivity contribution in [2.24, 2.45) is 0 Å². The third-order valence-electron chi connectivity index (χ3n) is 4.90. The molecule has 0 aliphatic rings. The quantitative estimate of drug-likeness (QED) is 0.408. The molecule has 0 unspecified atom stereocenters. The van der Waals surface area contributed by atoms with E-state index in [-0.39, 0.29) is 22.8 Å². The van der Waals surface area contributed by atoms with Gasteiger partial charge in [-0.15, -0.1) is 0 Å². The van der Waals surface area contributed by atoms with Gasteiger partial charge in [0.2, 0.25) is 11.6 Å². The normalized spacial score (nSPS) is 11.2. The number of nitrogens with zero attached hydrogens (tertiary/aromatic N) is 5. The van der Waals surface area contributed by atoms with Crippen LogP contribution in [0.2, 0.25) is 5.02 Å². The molecular formula is C19H18ClF3N6O3. The molecule has 2 aromatic heterocycles. The molecule has 0 bridgehead atoms. The molecule has 1 N–H and O–H groups in total. The van der Waals surface area contributed by atoms with Crippen molar-refractivity contribution in [3.63, 3.8) is 0 Å². The molecule has 3 aromatic rings. The van der Waals surface area contributed by atoms with Crippen molar-refractivity contribution >= 4 is 28.9 Å². The molecule has 1 amide bonds. The molecule has 13 heteroatoms. The Hall–Kier alpha value is -3.41. The van der Waals surface area contributed by atoms with E-state index in [0.29, 0.717) is 17.1 Å². The van der Waals surface area contributed by atoms with Crippen molar-refractivity contribution in [3.05, 3.63) is 67.5 Å². The molecule has 9 nitrogen and oxygen atoms in total. The SMILES string of the molecule is Cc1nn(Cc2c(F)cccc2Cl)c(C)c1NC(=O)Cn1nc(C(F)F)c([N+](=O)[O-])c1C. The number of carbonyl (C=O) groups excluding carboxylic acids is 1. The van der Waals surface area contributed by atoms with Gasteiger partial charge in [0.1, 0.15) is 18.1 Å². The lowest BCUT2D eigenvalue weighted by atomic mass is 10.2. The molecule has 32 heavy (non-hydrogen) atoms. The molecule has 3 rings (SSSR count). The summed E-state index contributed by atoms with van der Waals surface area (Å²) >= 11 is 6.07. The maximum Gasteiger partial charge on any atom is 0.319 e. The van der Waals surface area contributed by atoms with Crippen molar-refractivity contribution in [2.45, 2.75) is 40.3 Å². The Labute approximate surface area is 184 Å². The molecule has 0 aliphatic carbocycles. The van der Waals surface area contributed by atoms with Gasteiger partial charge in [0.05, 0.1) is 28.5 Å². The van der Waals surface area contributed by atoms with Crippen molar-refractivity contribution in [3.8, 4) is 0 Å². The Bertz CT molecular complexity index is 1190. The van der Waals surface area contributed by atoms with Crippen LogP contribution in [0, 0.1) is 36.7 Å². The van der Waals surface area contributed by atoms with Gasteiger partial charge in [-0.05, 0) is 32.9 Å². The van der Waals surface area contributed by atoms with Gasteiger partial charge in [-0.25, -0.2) is 13.2 Å². The van der Waals surface area contributed by atoms with Crippen LogP contribution >= 0.6 is 11.6 Å². The Morgan fingerprint density at radius 3 is 2.47 bits per heavy atom. The molecule has 0 atom stereocenters. The molecule has 0 saturated carbocycles. The van der Waals surface area contributed by atoms with E-state index >= 15 is 0 Å². The van der Waals surface area contributed by atoms with E-state index in [1.165, 1.54) is 23.7 Å². The minimum atomic E-state index is -3.16. The minimum Gasteiger partial charge on any atom is -0.321 e. The van der Waals surface area contributed by atoms with Gasteiger partial charge in [-0.2, -0.15) is 10.2 Å². The number of hydrogen-bond acceptors (Lipinski definition) is 5. The second-order valence-corrected chi connectivity index (χ2v) is 7.39. The van der Waals surface area contributed by atoms with Crippen LogP contribution in [0.3, 0.4) is 0 Å². The van der Waals surface area contributed by atoms with E-state index in [4.69, 9.17) is 11.6 Å². The first kappa shape index (κ1) is 23.3. The van der Waals surface area contributed by atoms with Gasteiger partial charge in [-0.1, -0.05) is 17.7 Å². The number of nitro groups is 1. The second-order valence-electron chi connectivity index (χ2n) is 6.99. The number of amides is 1. The zero-order valence-electron chi connectivity index (χ0n) is 17.2. The summed E-state index contributed by atoms with van der Waals surface area (Å²) in [5.41, 5.74) is -0.477. The van der Waals surface area contributed by atoms with E-state index in [0.717, 1.165) is 4.68 Å². The number of alkyl halides is 2. The number of anilines is 1. The first-order chi connectivity index (χ1) is 15.0. The first-order valence-electron chi connectivity index (χ1n) is 9.27. The molecule has 0 aliphatic heterocycles. The maximum absolute atomic E-state index is 14.1. The number of benzene rings is 1. The molecular weight excluding hydrogens is 453 g/mol. The zero-order chi connectivity index (χ0) is 23.7. The number of halogens is 4. The highest BCUT2D eigenvalue weighted by atomic mass is 35.5. The van der Waals surface area contributed by atoms with Crippen molar-refractivity contribution in [1.82, 2.24) is 19.6 Å². The highest BCUT2D eigenvalue weighted by Gasteiger charge is 2.31. The third-order valence-corrected chi connectivity index (χ3v) is 5.25. The Morgan fingerprint density at radius 1 is 1.22 bits per heavy atom. The minimum absolute atomic E-state index is 0.0241. The second kappa shape index (κ2) is 8.99. The van der Waals surface area contributed by atoms with Gasteiger partial charge in [0.25, 0.3) is 6.43 Å². The van der Waals surface area contributed by atoms with Crippen molar-refractivity contribution in [2.75, 3.05) is 5.32 Å². The van der Waals surface area contributed by atoms with Gasteiger partial charge in [0.15, 0.2) is 0 Å². The Balaban J connectivity index is 1.82. The smallest absolute Gasteiger partial charge is 0.319 e. The zero-order valence-corrected chi connectivity index (χ0v) is 18.0. The Morgan fingerprint density at radius 2 is 1.91 bits per heavy atom. The van der Waals surface area contributed by atoms with E-state index in [9.17, 15) is 28.1 Å². The number of aryl methyl sites for hydroxylation is 1. The summed E-state index contributed by atoms with van der Waals surface area (Å²) in [5, 5.41) is 21.8. The number of hydrogen-bond donors (Lipinski definition) is 1. The summed E-state index contributed by atoms with van der Waals surface area (Å²) in [4.78, 5) is 22.7. The fourth-order valence-electron chi connectivity index (χ4n) is 3.27. The number of carbonyl (C=O) groups is 1. The summed E-state index contributed by atoms with van der Waals surface area (Å²) in [5.74, 6) is -1.15. The lowest BCUT2D eigenvalue weighted by molar-refractivity contribution is -0.386. The van der Waals surface area contributed by atoms with E-state index in [1.54, 1.807) is 19.9 Å². The van der Waals surface area contributed by atoms with Crippen molar-refractivity contribution < 1.29 is 22.9 Å². The summed E-state index contributed by atoms with van der Waals surface area (Å²) in [6.07, 6.45) is -3.16. The average Bonchev–Trinajstić information content (AvgIpc) is 3.16. The van der Waals surface area contributed by atoms with Crippen molar-refractivity contribution in [1.29, 1.82) is 0 Å². The van der Waals surface area contributed by atoms with Crippen LogP contribution in [0.15, 0.2) is 18.2 Å². The van der Waals surface area contributed by atoms with Crippen LogP contribution in [0.4, 0.5) is 24.5 Å². The van der Waals surface area contributed by atoms with Crippen LogP contribution in [-0.4, -0.2) is 30.4 Å². The van der Waals surface area contributed by atoms with Gasteiger partial charge < -0.3 is 5.32 Å². The molecule has 0 saturated heterocycles. The number of rotatable bonds is 7. The standard InChI is InChI=1S/C19H18ClF3N6O3/c1-9-16(10(2)27(25-9)7-12-13(20)5-4-6-14(12)21)24-15(30)8-28-11(3)18(29(31)32)17(26-28)19(22)23/h4-6,19H,7-8H2,1-3H3,(H,24,30). The highest BCUT2D eigenvalue weighted by Crippen LogP contribution is 2.31. The number of nitrogens with one attached hydrogen (secondary N) is 1. The van der Waals surface area contributed by atoms with Crippen LogP contribution in [0.25, 0.3) is 0 Å². The summed E-state index contributed by atoms with van der Waals surface area (Å²) in [6.45, 7) is 4.01. The van der Waals surface area contributed by atoms with E-state index < -0.39 is 41.0 Å². The van der Waals surface area contributed by atoms with Gasteiger partial charge in [-0.3, -0.25) is 24.3 Å². The highest BCUT2D eigenvalue weighted by molar-refractivity contribution is 6.31. The third kappa shape index (κ3) is 4.44. The lowest BCUT2D eigenvalue weighted by Gasteiger charge is -2.09. The predicted molar refractivity (Wildman–Crippen MR) is 109 cm³/mol. The fraction of sp³-hybridized carbons (Fsp3) is 0.316. The number of aromatic nitrogens is 4. The molecule has 0 fully saturated rings. The van der Waals surface area contributed by atoms with Gasteiger partial charge >= 0.3 is 5.69 Å². The van der Waals surface area contributed by atoms with Crippen LogP contribution in [0.5, 0.6) is 0 Å². The van der Waals surface area contributed by atoms with Gasteiger partial charge in [0, 0.05) is 10.6 Å². The largest absolute Gasteiger partial charge is 0.321 e. The maximum atomic E-state index is 14.1. The molecule has 0 spiro atoms. The molecule has 0 radical (unpaired) electrons. The Kier molecular flexibility index (Phi) is 6.53. The van der Waals surface area contributed by atoms with Crippen LogP contribution in [0.1, 0.15) is 34.8 Å². The average molecular weight is 471 g/mol. The molecule has 2 heterocycles. The summed E-state index contributed by atoms with van der Waals surface area (Å²) < 4.78 is 42.6. The van der Waals surface area contributed by atoms with E-state index in [2.05, 4.69) is 15.5 Å².